The number of carbonyl (C=O) groups excluding carboxylic acids is 1. The number of hydrogen-bond acceptors (Lipinski definition) is 5. The van der Waals surface area contributed by atoms with Crippen molar-refractivity contribution in [2.45, 2.75) is 32.7 Å². The molecule has 30 heavy (non-hydrogen) atoms. The Kier molecular flexibility index (Phi) is 7.19. The zero-order valence-corrected chi connectivity index (χ0v) is 17.4. The van der Waals surface area contributed by atoms with E-state index in [1.54, 1.807) is 12.1 Å². The number of allylic oxidation sites excluding steroid dienone is 1. The SMILES string of the molecule is CC(C)=CCN1CCC(NC(=O)c2ccc(Nc3ccccc3)c([N+](=O)[O-])c2)CC1. The van der Waals surface area contributed by atoms with Gasteiger partial charge in [0.15, 0.2) is 0 Å². The Morgan fingerprint density at radius 1 is 1.17 bits per heavy atom. The first kappa shape index (κ1) is 21.5. The molecule has 1 aliphatic heterocycles. The van der Waals surface area contributed by atoms with Crippen LogP contribution in [0.3, 0.4) is 0 Å². The van der Waals surface area contributed by atoms with Gasteiger partial charge in [-0.1, -0.05) is 29.8 Å². The summed E-state index contributed by atoms with van der Waals surface area (Å²) in [6.45, 7) is 6.97. The molecular formula is C23H28N4O3. The minimum atomic E-state index is -0.468. The molecule has 3 rings (SSSR count). The Morgan fingerprint density at radius 3 is 2.50 bits per heavy atom. The van der Waals surface area contributed by atoms with E-state index in [1.807, 2.05) is 30.3 Å². The van der Waals surface area contributed by atoms with Crippen molar-refractivity contribution in [1.29, 1.82) is 0 Å². The average Bonchev–Trinajstić information content (AvgIpc) is 2.74. The van der Waals surface area contributed by atoms with Crippen LogP contribution in [0, 0.1) is 10.1 Å². The third kappa shape index (κ3) is 5.90. The highest BCUT2D eigenvalue weighted by Crippen LogP contribution is 2.28. The van der Waals surface area contributed by atoms with Crippen LogP contribution in [0.2, 0.25) is 0 Å². The standard InChI is InChI=1S/C23H28N4O3/c1-17(2)10-13-26-14-11-20(12-15-26)25-23(28)18-8-9-21(22(16-18)27(29)30)24-19-6-4-3-5-7-19/h3-10,16,20,24H,11-15H2,1-2H3,(H,25,28). The van der Waals surface area contributed by atoms with Crippen molar-refractivity contribution >= 4 is 23.0 Å². The summed E-state index contributed by atoms with van der Waals surface area (Å²) in [7, 11) is 0. The molecule has 0 saturated carbocycles. The molecule has 0 aromatic heterocycles. The van der Waals surface area contributed by atoms with Crippen molar-refractivity contribution in [3.05, 3.63) is 75.9 Å². The van der Waals surface area contributed by atoms with Gasteiger partial charge in [0.25, 0.3) is 11.6 Å². The lowest BCUT2D eigenvalue weighted by atomic mass is 10.0. The van der Waals surface area contributed by atoms with Gasteiger partial charge < -0.3 is 10.6 Å². The summed E-state index contributed by atoms with van der Waals surface area (Å²) in [5.41, 5.74) is 2.58. The van der Waals surface area contributed by atoms with Crippen LogP contribution in [0.15, 0.2) is 60.2 Å². The maximum atomic E-state index is 12.7. The van der Waals surface area contributed by atoms with E-state index in [4.69, 9.17) is 0 Å². The fraction of sp³-hybridized carbons (Fsp3) is 0.348. The van der Waals surface area contributed by atoms with Crippen LogP contribution in [-0.4, -0.2) is 41.4 Å². The number of benzene rings is 2. The van der Waals surface area contributed by atoms with E-state index in [9.17, 15) is 14.9 Å². The van der Waals surface area contributed by atoms with E-state index in [-0.39, 0.29) is 17.6 Å². The van der Waals surface area contributed by atoms with Crippen LogP contribution < -0.4 is 10.6 Å². The molecule has 1 aliphatic rings. The Hall–Kier alpha value is -3.19. The molecule has 7 heteroatoms. The summed E-state index contributed by atoms with van der Waals surface area (Å²) in [4.78, 5) is 26.1. The van der Waals surface area contributed by atoms with Gasteiger partial charge in [-0.05, 0) is 51.0 Å². The van der Waals surface area contributed by atoms with Gasteiger partial charge in [-0.15, -0.1) is 0 Å². The lowest BCUT2D eigenvalue weighted by Crippen LogP contribution is -2.44. The van der Waals surface area contributed by atoms with Gasteiger partial charge in [-0.25, -0.2) is 0 Å². The third-order valence-corrected chi connectivity index (χ3v) is 5.19. The van der Waals surface area contributed by atoms with Gasteiger partial charge in [-0.3, -0.25) is 19.8 Å². The minimum absolute atomic E-state index is 0.0848. The number of nitrogens with zero attached hydrogens (tertiary/aromatic N) is 2. The van der Waals surface area contributed by atoms with Gasteiger partial charge in [0, 0.05) is 43.0 Å². The molecule has 1 heterocycles. The van der Waals surface area contributed by atoms with Crippen molar-refractivity contribution in [2.24, 2.45) is 0 Å². The molecule has 0 aliphatic carbocycles. The Balaban J connectivity index is 1.63. The number of nitro groups is 1. The number of nitro benzene ring substituents is 1. The summed E-state index contributed by atoms with van der Waals surface area (Å²) in [6.07, 6.45) is 3.96. The van der Waals surface area contributed by atoms with Crippen molar-refractivity contribution in [2.75, 3.05) is 25.0 Å². The monoisotopic (exact) mass is 408 g/mol. The predicted molar refractivity (Wildman–Crippen MR) is 119 cm³/mol. The largest absolute Gasteiger partial charge is 0.350 e. The van der Waals surface area contributed by atoms with E-state index < -0.39 is 4.92 Å². The molecule has 2 aromatic rings. The number of rotatable bonds is 7. The molecule has 0 atom stereocenters. The molecule has 2 aromatic carbocycles. The van der Waals surface area contributed by atoms with Crippen molar-refractivity contribution < 1.29 is 9.72 Å². The topological polar surface area (TPSA) is 87.5 Å². The maximum absolute atomic E-state index is 12.7. The van der Waals surface area contributed by atoms with Crippen molar-refractivity contribution in [3.63, 3.8) is 0 Å². The van der Waals surface area contributed by atoms with Crippen LogP contribution in [0.4, 0.5) is 17.1 Å². The Bertz CT molecular complexity index is 915. The van der Waals surface area contributed by atoms with E-state index in [1.165, 1.54) is 11.6 Å². The number of anilines is 2. The van der Waals surface area contributed by atoms with E-state index in [0.29, 0.717) is 11.3 Å². The molecule has 0 unspecified atom stereocenters. The first-order valence-corrected chi connectivity index (χ1v) is 10.2. The molecule has 158 valence electrons. The highest BCUT2D eigenvalue weighted by Gasteiger charge is 2.22. The fourth-order valence-corrected chi connectivity index (χ4v) is 3.45. The van der Waals surface area contributed by atoms with Gasteiger partial charge >= 0.3 is 0 Å². The normalized spacial score (nSPS) is 14.7. The van der Waals surface area contributed by atoms with E-state index >= 15 is 0 Å². The molecule has 2 N–H and O–H groups in total. The summed E-state index contributed by atoms with van der Waals surface area (Å²) in [6, 6.07) is 13.9. The lowest BCUT2D eigenvalue weighted by Gasteiger charge is -2.31. The number of piperidine rings is 1. The third-order valence-electron chi connectivity index (χ3n) is 5.19. The fourth-order valence-electron chi connectivity index (χ4n) is 3.45. The molecule has 1 amide bonds. The zero-order valence-electron chi connectivity index (χ0n) is 17.4. The Labute approximate surface area is 176 Å². The molecule has 0 spiro atoms. The lowest BCUT2D eigenvalue weighted by molar-refractivity contribution is -0.383. The minimum Gasteiger partial charge on any atom is -0.350 e. The second-order valence-corrected chi connectivity index (χ2v) is 7.81. The maximum Gasteiger partial charge on any atom is 0.293 e. The summed E-state index contributed by atoms with van der Waals surface area (Å²) in [5.74, 6) is -0.271. The van der Waals surface area contributed by atoms with E-state index in [2.05, 4.69) is 35.5 Å². The number of nitrogens with one attached hydrogen (secondary N) is 2. The smallest absolute Gasteiger partial charge is 0.293 e. The Morgan fingerprint density at radius 2 is 1.87 bits per heavy atom. The van der Waals surface area contributed by atoms with Crippen LogP contribution >= 0.6 is 0 Å². The number of amides is 1. The van der Waals surface area contributed by atoms with Gasteiger partial charge in [0.2, 0.25) is 0 Å². The first-order chi connectivity index (χ1) is 14.4. The highest BCUT2D eigenvalue weighted by atomic mass is 16.6. The molecule has 7 nitrogen and oxygen atoms in total. The molecule has 1 fully saturated rings. The van der Waals surface area contributed by atoms with Gasteiger partial charge in [0.1, 0.15) is 5.69 Å². The van der Waals surface area contributed by atoms with Crippen molar-refractivity contribution in [3.8, 4) is 0 Å². The van der Waals surface area contributed by atoms with Crippen LogP contribution in [0.1, 0.15) is 37.0 Å². The quantitative estimate of drug-likeness (QED) is 0.400. The van der Waals surface area contributed by atoms with Gasteiger partial charge in [-0.2, -0.15) is 0 Å². The summed E-state index contributed by atoms with van der Waals surface area (Å²) in [5, 5.41) is 17.6. The first-order valence-electron chi connectivity index (χ1n) is 10.2. The number of hydrogen-bond donors (Lipinski definition) is 2. The molecular weight excluding hydrogens is 380 g/mol. The molecule has 1 saturated heterocycles. The molecule has 0 radical (unpaired) electrons. The second-order valence-electron chi connectivity index (χ2n) is 7.81. The number of para-hydroxylation sites is 1. The summed E-state index contributed by atoms with van der Waals surface area (Å²) < 4.78 is 0. The molecule has 0 bridgehead atoms. The van der Waals surface area contributed by atoms with Crippen LogP contribution in [0.5, 0.6) is 0 Å². The van der Waals surface area contributed by atoms with E-state index in [0.717, 1.165) is 38.2 Å². The predicted octanol–water partition coefficient (Wildman–Crippen LogP) is 4.50. The van der Waals surface area contributed by atoms with Crippen molar-refractivity contribution in [1.82, 2.24) is 10.2 Å². The zero-order chi connectivity index (χ0) is 21.5. The number of likely N-dealkylation sites (tertiary alicyclic amines) is 1. The second kappa shape index (κ2) is 10.0. The summed E-state index contributed by atoms with van der Waals surface area (Å²) >= 11 is 0. The average molecular weight is 409 g/mol. The van der Waals surface area contributed by atoms with Gasteiger partial charge in [0.05, 0.1) is 4.92 Å². The highest BCUT2D eigenvalue weighted by molar-refractivity contribution is 5.96. The van der Waals surface area contributed by atoms with Crippen LogP contribution in [-0.2, 0) is 0 Å². The number of carbonyl (C=O) groups is 1. The van der Waals surface area contributed by atoms with Crippen LogP contribution in [0.25, 0.3) is 0 Å².